The van der Waals surface area contributed by atoms with Crippen LogP contribution in [-0.2, 0) is 10.8 Å². The number of rotatable bonds is 4. The van der Waals surface area contributed by atoms with Gasteiger partial charge in [0.15, 0.2) is 22.3 Å². The molecule has 6 heteroatoms. The van der Waals surface area contributed by atoms with Gasteiger partial charge in [-0.15, -0.1) is 0 Å². The summed E-state index contributed by atoms with van der Waals surface area (Å²) in [4.78, 5) is 4.70. The summed E-state index contributed by atoms with van der Waals surface area (Å²) < 4.78 is 27.8. The van der Waals surface area contributed by atoms with Crippen molar-refractivity contribution in [2.24, 2.45) is 0 Å². The fraction of sp³-hybridized carbons (Fsp3) is 0.127. The maximum absolute atomic E-state index is 6.98. The van der Waals surface area contributed by atoms with Gasteiger partial charge >= 0.3 is 0 Å². The van der Waals surface area contributed by atoms with Crippen molar-refractivity contribution >= 4 is 143 Å². The van der Waals surface area contributed by atoms with Crippen LogP contribution in [0, 0.1) is 6.92 Å². The molecule has 0 unspecified atom stereocenters. The summed E-state index contributed by atoms with van der Waals surface area (Å²) in [5, 5.41) is 13.1. The Labute approximate surface area is 443 Å². The second-order valence-electron chi connectivity index (χ2n) is 23.3. The van der Waals surface area contributed by atoms with Crippen LogP contribution in [0.15, 0.2) is 206 Å². The minimum atomic E-state index is -0.0853. The number of hydrogen-bond donors (Lipinski definition) is 0. The Morgan fingerprint density at radius 2 is 0.909 bits per heavy atom. The largest absolute Gasteiger partial charge is 0.454 e. The van der Waals surface area contributed by atoms with E-state index in [1.54, 1.807) is 0 Å². The van der Waals surface area contributed by atoms with Gasteiger partial charge in [0, 0.05) is 76.8 Å². The second-order valence-corrected chi connectivity index (χ2v) is 23.3. The van der Waals surface area contributed by atoms with Crippen molar-refractivity contribution in [3.05, 3.63) is 205 Å². The third-order valence-electron chi connectivity index (χ3n) is 16.5. The molecule has 5 heterocycles. The van der Waals surface area contributed by atoms with Gasteiger partial charge in [-0.3, -0.25) is 0 Å². The first-order valence-electron chi connectivity index (χ1n) is 26.7. The summed E-state index contributed by atoms with van der Waals surface area (Å²) in [5.41, 5.74) is 18.8. The zero-order chi connectivity index (χ0) is 51.8. The van der Waals surface area contributed by atoms with Gasteiger partial charge in [0.2, 0.25) is 0 Å². The average molecular weight is 997 g/mol. The number of fused-ring (bicyclic) bond motifs is 20. The van der Waals surface area contributed by atoms with Gasteiger partial charge in [-0.1, -0.05) is 145 Å². The Bertz CT molecular complexity index is 5050. The highest BCUT2D eigenvalue weighted by Crippen LogP contribution is 2.53. The van der Waals surface area contributed by atoms with Crippen molar-refractivity contribution in [2.75, 3.05) is 9.80 Å². The van der Waals surface area contributed by atoms with Crippen LogP contribution in [0.4, 0.5) is 34.1 Å². The highest BCUT2D eigenvalue weighted by Gasteiger charge is 2.30. The van der Waals surface area contributed by atoms with Crippen LogP contribution in [0.5, 0.6) is 0 Å². The predicted octanol–water partition coefficient (Wildman–Crippen LogP) is 21.4. The van der Waals surface area contributed by atoms with Gasteiger partial charge in [-0.05, 0) is 135 Å². The first-order valence-corrected chi connectivity index (χ1v) is 26.7. The lowest BCUT2D eigenvalue weighted by atomic mass is 9.86. The van der Waals surface area contributed by atoms with Crippen molar-refractivity contribution in [1.82, 2.24) is 0 Å². The Kier molecular flexibility index (Phi) is 8.83. The molecule has 2 bridgehead atoms. The molecule has 0 saturated carbocycles. The third-order valence-corrected chi connectivity index (χ3v) is 16.5. The molecule has 0 amide bonds. The molecule has 6 nitrogen and oxygen atoms in total. The Morgan fingerprint density at radius 3 is 1.61 bits per heavy atom. The van der Waals surface area contributed by atoms with Crippen LogP contribution in [0.1, 0.15) is 58.2 Å². The normalized spacial score (nSPS) is 13.1. The average Bonchev–Trinajstić information content (AvgIpc) is 4.38. The lowest BCUT2D eigenvalue weighted by Crippen LogP contribution is -2.14. The van der Waals surface area contributed by atoms with E-state index in [9.17, 15) is 0 Å². The van der Waals surface area contributed by atoms with E-state index in [4.69, 9.17) is 17.7 Å². The van der Waals surface area contributed by atoms with Gasteiger partial charge in [0.25, 0.3) is 0 Å². The Hall–Kier alpha value is -9.26. The number of anilines is 6. The predicted molar refractivity (Wildman–Crippen MR) is 321 cm³/mol. The number of benzene rings is 11. The maximum Gasteiger partial charge on any atom is 0.178 e. The summed E-state index contributed by atoms with van der Waals surface area (Å²) in [7, 11) is 0. The van der Waals surface area contributed by atoms with Crippen LogP contribution < -0.4 is 9.80 Å². The number of hydrogen-bond acceptors (Lipinski definition) is 6. The molecule has 1 aliphatic heterocycles. The van der Waals surface area contributed by atoms with E-state index in [0.29, 0.717) is 0 Å². The molecule has 0 radical (unpaired) electrons. The lowest BCUT2D eigenvalue weighted by Gasteiger charge is -2.32. The summed E-state index contributed by atoms with van der Waals surface area (Å²) in [6, 6.07) is 68.1. The molecular formula is C71H52N2O4. The molecule has 77 heavy (non-hydrogen) atoms. The van der Waals surface area contributed by atoms with Gasteiger partial charge in [0.05, 0.1) is 17.1 Å². The highest BCUT2D eigenvalue weighted by molar-refractivity contribution is 6.23. The van der Waals surface area contributed by atoms with E-state index in [1.807, 2.05) is 0 Å². The second kappa shape index (κ2) is 15.4. The molecule has 15 aromatic rings. The van der Waals surface area contributed by atoms with Crippen LogP contribution >= 0.6 is 0 Å². The van der Waals surface area contributed by atoms with Crippen LogP contribution in [-0.4, -0.2) is 0 Å². The standard InChI is InChI=1S/C71H52N2O4/c1-39-16-8-10-24-58(39)72(60-26-14-20-48-46-18-12-22-56(70(2,3)4)64(46)76-66(48)60)43-29-28-40-34-54-50-30-31-51-55-38-52-42(36-63(55)75-69(51)68(50)74-62(54)35-41(40)32-43)33-44-37-53(52)45-17-9-11-25-59(45)73(44)61-27-15-21-49-47-19-13-23-57(71(5,6)7)65(47)77-67(49)61/h8-38H,1-7H3. The molecule has 0 N–H and O–H groups in total. The molecule has 0 atom stereocenters. The quantitative estimate of drug-likeness (QED) is 0.175. The Balaban J connectivity index is 0.837. The van der Waals surface area contributed by atoms with E-state index in [-0.39, 0.29) is 10.8 Å². The highest BCUT2D eigenvalue weighted by atomic mass is 16.4. The molecular weight excluding hydrogens is 945 g/mol. The lowest BCUT2D eigenvalue weighted by molar-refractivity contribution is 0.572. The molecule has 0 fully saturated rings. The van der Waals surface area contributed by atoms with Gasteiger partial charge in [0.1, 0.15) is 22.3 Å². The van der Waals surface area contributed by atoms with Crippen molar-refractivity contribution < 1.29 is 17.7 Å². The number of aryl methyl sites for hydroxylation is 1. The SMILES string of the molecule is Cc1ccccc1N(c1ccc2cc3c(cc2c1)oc1c3ccc2c3cc4c5cc(cc4cc3oc21)N(c1cccc2c1oc1c(C(C)(C)C)cccc12)c1ccccc1-5)c1cccc2c1oc1c(C(C)(C)C)cccc12. The summed E-state index contributed by atoms with van der Waals surface area (Å²) in [5.74, 6) is 0. The van der Waals surface area contributed by atoms with Crippen LogP contribution in [0.25, 0.3) is 120 Å². The summed E-state index contributed by atoms with van der Waals surface area (Å²) in [6.45, 7) is 15.6. The van der Waals surface area contributed by atoms with E-state index in [2.05, 4.69) is 246 Å². The van der Waals surface area contributed by atoms with E-state index in [1.165, 1.54) is 27.6 Å². The van der Waals surface area contributed by atoms with E-state index < -0.39 is 0 Å². The third kappa shape index (κ3) is 6.30. The molecule has 16 rings (SSSR count). The molecule has 0 aliphatic carbocycles. The minimum Gasteiger partial charge on any atom is -0.454 e. The minimum absolute atomic E-state index is 0.0754. The first kappa shape index (κ1) is 44.1. The van der Waals surface area contributed by atoms with E-state index in [0.717, 1.165) is 144 Å². The van der Waals surface area contributed by atoms with Crippen molar-refractivity contribution in [3.8, 4) is 11.1 Å². The number of furan rings is 4. The molecule has 1 aliphatic rings. The molecule has 4 aromatic heterocycles. The number of nitrogens with zero attached hydrogens (tertiary/aromatic N) is 2. The molecule has 11 aromatic carbocycles. The Morgan fingerprint density at radius 1 is 0.351 bits per heavy atom. The summed E-state index contributed by atoms with van der Waals surface area (Å²) >= 11 is 0. The molecule has 0 saturated heterocycles. The smallest absolute Gasteiger partial charge is 0.178 e. The van der Waals surface area contributed by atoms with Gasteiger partial charge < -0.3 is 27.5 Å². The van der Waals surface area contributed by atoms with Crippen molar-refractivity contribution in [3.63, 3.8) is 0 Å². The maximum atomic E-state index is 6.98. The van der Waals surface area contributed by atoms with E-state index >= 15 is 0 Å². The monoisotopic (exact) mass is 996 g/mol. The van der Waals surface area contributed by atoms with Crippen LogP contribution in [0.3, 0.4) is 0 Å². The fourth-order valence-electron chi connectivity index (χ4n) is 12.8. The molecule has 370 valence electrons. The zero-order valence-corrected chi connectivity index (χ0v) is 43.9. The van der Waals surface area contributed by atoms with Gasteiger partial charge in [-0.2, -0.15) is 0 Å². The molecule has 0 spiro atoms. The van der Waals surface area contributed by atoms with Crippen LogP contribution in [0.2, 0.25) is 0 Å². The van der Waals surface area contributed by atoms with Crippen molar-refractivity contribution in [1.29, 1.82) is 0 Å². The van der Waals surface area contributed by atoms with Crippen molar-refractivity contribution in [2.45, 2.75) is 59.3 Å². The topological polar surface area (TPSA) is 59.0 Å². The first-order chi connectivity index (χ1) is 37.3. The number of para-hydroxylation sites is 6. The van der Waals surface area contributed by atoms with Gasteiger partial charge in [-0.25, -0.2) is 0 Å². The zero-order valence-electron chi connectivity index (χ0n) is 43.9. The summed E-state index contributed by atoms with van der Waals surface area (Å²) in [6.07, 6.45) is 0. The fourth-order valence-corrected chi connectivity index (χ4v) is 12.8.